The van der Waals surface area contributed by atoms with Crippen LogP contribution in [0, 0.1) is 11.3 Å². The summed E-state index contributed by atoms with van der Waals surface area (Å²) in [5.74, 6) is -0.990. The van der Waals surface area contributed by atoms with Crippen LogP contribution in [0.4, 0.5) is 0 Å². The van der Waals surface area contributed by atoms with Gasteiger partial charge in [-0.1, -0.05) is 20.8 Å². The minimum Gasteiger partial charge on any atom is -0.481 e. The van der Waals surface area contributed by atoms with Crippen molar-refractivity contribution in [2.24, 2.45) is 11.3 Å². The van der Waals surface area contributed by atoms with Crippen molar-refractivity contribution in [1.29, 1.82) is 0 Å². The largest absolute Gasteiger partial charge is 0.481 e. The summed E-state index contributed by atoms with van der Waals surface area (Å²) in [5, 5.41) is 9.06. The summed E-state index contributed by atoms with van der Waals surface area (Å²) in [6.45, 7) is 8.48. The van der Waals surface area contributed by atoms with Gasteiger partial charge in [-0.2, -0.15) is 0 Å². The van der Waals surface area contributed by atoms with Crippen molar-refractivity contribution in [3.05, 3.63) is 0 Å². The summed E-state index contributed by atoms with van der Waals surface area (Å²) in [4.78, 5) is 13.3. The monoisotopic (exact) mass is 241 g/mol. The number of hydrogen-bond donors (Lipinski definition) is 1. The minimum atomic E-state index is -0.694. The third-order valence-electron chi connectivity index (χ3n) is 4.64. The maximum Gasteiger partial charge on any atom is 0.307 e. The zero-order valence-corrected chi connectivity index (χ0v) is 11.9. The zero-order chi connectivity index (χ0) is 13.2. The van der Waals surface area contributed by atoms with Crippen molar-refractivity contribution >= 4 is 5.97 Å². The minimum absolute atomic E-state index is 0.110. The predicted octanol–water partition coefficient (Wildman–Crippen LogP) is 3.00. The Morgan fingerprint density at radius 3 is 2.18 bits per heavy atom. The molecular formula is C14H27NO2. The van der Waals surface area contributed by atoms with Crippen LogP contribution in [0.3, 0.4) is 0 Å². The molecule has 0 aromatic heterocycles. The molecular weight excluding hydrogens is 214 g/mol. The van der Waals surface area contributed by atoms with E-state index in [9.17, 15) is 4.79 Å². The molecule has 1 aliphatic carbocycles. The highest BCUT2D eigenvalue weighted by atomic mass is 16.4. The van der Waals surface area contributed by atoms with Gasteiger partial charge in [-0.15, -0.1) is 0 Å². The molecule has 1 N–H and O–H groups in total. The molecule has 0 amide bonds. The molecule has 0 aromatic rings. The van der Waals surface area contributed by atoms with E-state index in [0.29, 0.717) is 11.5 Å². The van der Waals surface area contributed by atoms with Crippen LogP contribution in [0.25, 0.3) is 0 Å². The lowest BCUT2D eigenvalue weighted by atomic mass is 9.75. The van der Waals surface area contributed by atoms with Crippen LogP contribution >= 0.6 is 0 Å². The van der Waals surface area contributed by atoms with Gasteiger partial charge in [-0.3, -0.25) is 9.69 Å². The molecule has 1 saturated carbocycles. The number of rotatable bonds is 4. The number of aliphatic carboxylic acids is 1. The Balaban J connectivity index is 2.54. The van der Waals surface area contributed by atoms with Crippen LogP contribution in [0.15, 0.2) is 0 Å². The van der Waals surface area contributed by atoms with Gasteiger partial charge in [0.25, 0.3) is 0 Å². The van der Waals surface area contributed by atoms with Gasteiger partial charge >= 0.3 is 5.97 Å². The average Bonchev–Trinajstić information content (AvgIpc) is 2.26. The van der Waals surface area contributed by atoms with Gasteiger partial charge in [0.1, 0.15) is 0 Å². The molecule has 2 unspecified atom stereocenters. The fourth-order valence-electron chi connectivity index (χ4n) is 2.68. The molecule has 0 saturated heterocycles. The predicted molar refractivity (Wildman–Crippen MR) is 70.1 cm³/mol. The SMILES string of the molecule is CC(C(=O)O)C(C)N(C)C1CCC(C)(C)CC1. The van der Waals surface area contributed by atoms with Crippen molar-refractivity contribution in [2.45, 2.75) is 65.5 Å². The molecule has 0 bridgehead atoms. The van der Waals surface area contributed by atoms with Crippen LogP contribution in [-0.4, -0.2) is 35.1 Å². The first-order valence-electron chi connectivity index (χ1n) is 6.69. The van der Waals surface area contributed by atoms with Gasteiger partial charge in [0.2, 0.25) is 0 Å². The van der Waals surface area contributed by atoms with E-state index in [1.165, 1.54) is 25.7 Å². The Bertz CT molecular complexity index is 265. The van der Waals surface area contributed by atoms with E-state index < -0.39 is 5.97 Å². The average molecular weight is 241 g/mol. The number of carboxylic acids is 1. The fourth-order valence-corrected chi connectivity index (χ4v) is 2.68. The van der Waals surface area contributed by atoms with Gasteiger partial charge < -0.3 is 5.11 Å². The second kappa shape index (κ2) is 5.38. The lowest BCUT2D eigenvalue weighted by molar-refractivity contribution is -0.143. The lowest BCUT2D eigenvalue weighted by Gasteiger charge is -2.41. The van der Waals surface area contributed by atoms with Crippen LogP contribution in [0.5, 0.6) is 0 Å². The molecule has 0 aliphatic heterocycles. The Labute approximate surface area is 105 Å². The van der Waals surface area contributed by atoms with Gasteiger partial charge in [0, 0.05) is 12.1 Å². The standard InChI is InChI=1S/C14H27NO2/c1-10(13(16)17)11(2)15(5)12-6-8-14(3,4)9-7-12/h10-12H,6-9H2,1-5H3,(H,16,17). The smallest absolute Gasteiger partial charge is 0.307 e. The Morgan fingerprint density at radius 2 is 1.76 bits per heavy atom. The second-order valence-electron chi connectivity index (χ2n) is 6.43. The van der Waals surface area contributed by atoms with Gasteiger partial charge in [-0.25, -0.2) is 0 Å². The summed E-state index contributed by atoms with van der Waals surface area (Å²) >= 11 is 0. The number of carboxylic acid groups (broad SMARTS) is 1. The lowest BCUT2D eigenvalue weighted by Crippen LogP contribution is -2.46. The molecule has 100 valence electrons. The summed E-state index contributed by atoms with van der Waals surface area (Å²) in [6, 6.07) is 0.665. The molecule has 3 heteroatoms. The quantitative estimate of drug-likeness (QED) is 0.822. The number of hydrogen-bond acceptors (Lipinski definition) is 2. The van der Waals surface area contributed by atoms with Gasteiger partial charge in [-0.05, 0) is 45.1 Å². The highest BCUT2D eigenvalue weighted by Gasteiger charge is 2.32. The van der Waals surface area contributed by atoms with Crippen LogP contribution in [0.2, 0.25) is 0 Å². The number of carbonyl (C=O) groups is 1. The van der Waals surface area contributed by atoms with E-state index in [1.807, 2.05) is 6.92 Å². The summed E-state index contributed by atoms with van der Waals surface area (Å²) in [5.41, 5.74) is 0.471. The fraction of sp³-hybridized carbons (Fsp3) is 0.929. The van der Waals surface area contributed by atoms with Crippen molar-refractivity contribution in [2.75, 3.05) is 7.05 Å². The van der Waals surface area contributed by atoms with Crippen LogP contribution in [0.1, 0.15) is 53.4 Å². The highest BCUT2D eigenvalue weighted by molar-refractivity contribution is 5.70. The molecule has 0 aromatic carbocycles. The molecule has 1 aliphatic rings. The first-order valence-corrected chi connectivity index (χ1v) is 6.69. The van der Waals surface area contributed by atoms with Crippen molar-refractivity contribution < 1.29 is 9.90 Å². The van der Waals surface area contributed by atoms with E-state index in [0.717, 1.165) is 0 Å². The van der Waals surface area contributed by atoms with E-state index in [-0.39, 0.29) is 12.0 Å². The molecule has 0 heterocycles. The first kappa shape index (κ1) is 14.5. The third-order valence-corrected chi connectivity index (χ3v) is 4.64. The topological polar surface area (TPSA) is 40.5 Å². The Morgan fingerprint density at radius 1 is 1.29 bits per heavy atom. The normalized spacial score (nSPS) is 24.6. The van der Waals surface area contributed by atoms with E-state index >= 15 is 0 Å². The van der Waals surface area contributed by atoms with Gasteiger partial charge in [0.15, 0.2) is 0 Å². The summed E-state index contributed by atoms with van der Waals surface area (Å²) < 4.78 is 0. The summed E-state index contributed by atoms with van der Waals surface area (Å²) in [7, 11) is 2.08. The molecule has 1 fully saturated rings. The first-order chi connectivity index (χ1) is 7.74. The molecule has 17 heavy (non-hydrogen) atoms. The summed E-state index contributed by atoms with van der Waals surface area (Å²) in [6.07, 6.45) is 4.88. The van der Waals surface area contributed by atoms with E-state index in [2.05, 4.69) is 25.8 Å². The zero-order valence-electron chi connectivity index (χ0n) is 11.9. The van der Waals surface area contributed by atoms with Crippen molar-refractivity contribution in [3.8, 4) is 0 Å². The third kappa shape index (κ3) is 3.70. The Hall–Kier alpha value is -0.570. The van der Waals surface area contributed by atoms with Crippen molar-refractivity contribution in [3.63, 3.8) is 0 Å². The number of nitrogens with zero attached hydrogens (tertiary/aromatic N) is 1. The molecule has 0 radical (unpaired) electrons. The molecule has 0 spiro atoms. The van der Waals surface area contributed by atoms with E-state index in [4.69, 9.17) is 5.11 Å². The van der Waals surface area contributed by atoms with Crippen LogP contribution < -0.4 is 0 Å². The van der Waals surface area contributed by atoms with Gasteiger partial charge in [0.05, 0.1) is 5.92 Å². The highest BCUT2D eigenvalue weighted by Crippen LogP contribution is 2.37. The maximum atomic E-state index is 11.0. The molecule has 1 rings (SSSR count). The van der Waals surface area contributed by atoms with Crippen LogP contribution in [-0.2, 0) is 4.79 Å². The van der Waals surface area contributed by atoms with E-state index in [1.54, 1.807) is 6.92 Å². The van der Waals surface area contributed by atoms with Crippen molar-refractivity contribution in [1.82, 2.24) is 4.90 Å². The molecule has 2 atom stereocenters. The second-order valence-corrected chi connectivity index (χ2v) is 6.43. The molecule has 3 nitrogen and oxygen atoms in total. The Kier molecular flexibility index (Phi) is 4.59. The maximum absolute atomic E-state index is 11.0.